The Morgan fingerprint density at radius 2 is 1.88 bits per heavy atom. The first kappa shape index (κ1) is 12.3. The fraction of sp³-hybridized carbons (Fsp3) is 0.286. The lowest BCUT2D eigenvalue weighted by atomic mass is 10.1. The van der Waals surface area contributed by atoms with Crippen molar-refractivity contribution >= 4 is 25.7 Å². The highest BCUT2D eigenvalue weighted by molar-refractivity contribution is 6.51. The van der Waals surface area contributed by atoms with E-state index in [0.29, 0.717) is 9.76 Å². The van der Waals surface area contributed by atoms with E-state index in [4.69, 9.17) is 9.16 Å². The van der Waals surface area contributed by atoms with Crippen LogP contribution in [0.4, 0.5) is 0 Å². The second-order valence-corrected chi connectivity index (χ2v) is 4.80. The molecule has 0 spiro atoms. The molecule has 2 aromatic rings. The van der Waals surface area contributed by atoms with Gasteiger partial charge in [0.05, 0.1) is 0 Å². The largest absolute Gasteiger partial charge is 0.387 e. The van der Waals surface area contributed by atoms with Crippen LogP contribution >= 0.6 is 0 Å². The molecular weight excluding hydrogens is 228 g/mol. The van der Waals surface area contributed by atoms with Gasteiger partial charge in [-0.3, -0.25) is 0 Å². The molecule has 0 aliphatic rings. The van der Waals surface area contributed by atoms with Crippen LogP contribution in [-0.4, -0.2) is 23.2 Å². The maximum atomic E-state index is 5.74. The standard InChI is InChI=1S/C14H16O2Si/c1-3-14(15-2)16-17-13-10-6-8-11-7-4-5-9-12(11)13/h4-10,14H,3H2,1-2H3. The molecule has 0 fully saturated rings. The van der Waals surface area contributed by atoms with Gasteiger partial charge in [-0.15, -0.1) is 0 Å². The molecule has 1 atom stereocenters. The predicted octanol–water partition coefficient (Wildman–Crippen LogP) is 2.48. The van der Waals surface area contributed by atoms with Crippen LogP contribution in [0.2, 0.25) is 0 Å². The Morgan fingerprint density at radius 3 is 2.65 bits per heavy atom. The van der Waals surface area contributed by atoms with Gasteiger partial charge in [-0.2, -0.15) is 0 Å². The summed E-state index contributed by atoms with van der Waals surface area (Å²) in [7, 11) is 2.01. The maximum absolute atomic E-state index is 5.74. The molecule has 17 heavy (non-hydrogen) atoms. The minimum absolute atomic E-state index is 0.104. The average Bonchev–Trinajstić information content (AvgIpc) is 2.40. The van der Waals surface area contributed by atoms with Crippen molar-refractivity contribution < 1.29 is 9.16 Å². The molecule has 0 saturated carbocycles. The molecule has 0 aliphatic heterocycles. The molecule has 88 valence electrons. The fourth-order valence-electron chi connectivity index (χ4n) is 1.74. The summed E-state index contributed by atoms with van der Waals surface area (Å²) in [4.78, 5) is 0. The third-order valence-electron chi connectivity index (χ3n) is 2.69. The van der Waals surface area contributed by atoms with Crippen molar-refractivity contribution in [3.05, 3.63) is 42.5 Å². The second-order valence-electron chi connectivity index (χ2n) is 3.82. The van der Waals surface area contributed by atoms with Gasteiger partial charge in [0, 0.05) is 7.11 Å². The summed E-state index contributed by atoms with van der Waals surface area (Å²) in [6.45, 7) is 2.06. The molecular formula is C14H16O2Si. The number of hydrogen-bond donors (Lipinski definition) is 0. The summed E-state index contributed by atoms with van der Waals surface area (Å²) in [5, 5.41) is 3.75. The number of benzene rings is 2. The molecule has 0 saturated heterocycles. The Balaban J connectivity index is 2.18. The van der Waals surface area contributed by atoms with Crippen LogP contribution < -0.4 is 5.19 Å². The van der Waals surface area contributed by atoms with Crippen LogP contribution in [0.5, 0.6) is 0 Å². The topological polar surface area (TPSA) is 18.5 Å². The van der Waals surface area contributed by atoms with Crippen molar-refractivity contribution in [2.75, 3.05) is 7.11 Å². The Hall–Kier alpha value is -1.16. The lowest BCUT2D eigenvalue weighted by Gasteiger charge is -2.14. The molecule has 0 aromatic heterocycles. The predicted molar refractivity (Wildman–Crippen MR) is 71.5 cm³/mol. The first-order valence-corrected chi connectivity index (χ1v) is 6.68. The van der Waals surface area contributed by atoms with Crippen LogP contribution in [-0.2, 0) is 9.16 Å². The molecule has 1 unspecified atom stereocenters. The minimum atomic E-state index is -0.104. The van der Waals surface area contributed by atoms with Gasteiger partial charge in [-0.05, 0) is 22.4 Å². The van der Waals surface area contributed by atoms with Crippen LogP contribution in [0, 0.1) is 0 Å². The van der Waals surface area contributed by atoms with E-state index < -0.39 is 0 Å². The number of ether oxygens (including phenoxy) is 1. The smallest absolute Gasteiger partial charge is 0.273 e. The molecule has 0 bridgehead atoms. The number of rotatable bonds is 5. The number of hydrogen-bond acceptors (Lipinski definition) is 2. The molecule has 0 aliphatic carbocycles. The third kappa shape index (κ3) is 2.94. The molecule has 0 heterocycles. The maximum Gasteiger partial charge on any atom is 0.273 e. The van der Waals surface area contributed by atoms with E-state index in [1.807, 2.05) is 0 Å². The average molecular weight is 244 g/mol. The van der Waals surface area contributed by atoms with Gasteiger partial charge >= 0.3 is 0 Å². The molecule has 2 aromatic carbocycles. The quantitative estimate of drug-likeness (QED) is 0.594. The molecule has 2 radical (unpaired) electrons. The summed E-state index contributed by atoms with van der Waals surface area (Å²) in [6, 6.07) is 14.7. The van der Waals surface area contributed by atoms with Gasteiger partial charge in [-0.1, -0.05) is 49.4 Å². The van der Waals surface area contributed by atoms with Crippen LogP contribution in [0.25, 0.3) is 10.8 Å². The summed E-state index contributed by atoms with van der Waals surface area (Å²) in [6.07, 6.45) is 0.765. The highest BCUT2D eigenvalue weighted by Gasteiger charge is 2.08. The van der Waals surface area contributed by atoms with Crippen molar-refractivity contribution in [1.82, 2.24) is 0 Å². The molecule has 0 amide bonds. The van der Waals surface area contributed by atoms with Crippen molar-refractivity contribution in [2.45, 2.75) is 19.6 Å². The third-order valence-corrected chi connectivity index (χ3v) is 3.72. The lowest BCUT2D eigenvalue weighted by molar-refractivity contribution is -0.0525. The van der Waals surface area contributed by atoms with Gasteiger partial charge < -0.3 is 9.16 Å². The summed E-state index contributed by atoms with van der Waals surface area (Å²) in [5.74, 6) is 0. The Bertz CT molecular complexity index is 475. The molecule has 0 N–H and O–H groups in total. The summed E-state index contributed by atoms with van der Waals surface area (Å²) < 4.78 is 11.0. The zero-order chi connectivity index (χ0) is 12.1. The van der Waals surface area contributed by atoms with Crippen molar-refractivity contribution in [3.63, 3.8) is 0 Å². The van der Waals surface area contributed by atoms with E-state index in [9.17, 15) is 0 Å². The van der Waals surface area contributed by atoms with Gasteiger partial charge in [-0.25, -0.2) is 0 Å². The molecule has 2 rings (SSSR count). The zero-order valence-electron chi connectivity index (χ0n) is 10.1. The van der Waals surface area contributed by atoms with E-state index in [1.54, 1.807) is 7.11 Å². The van der Waals surface area contributed by atoms with Crippen LogP contribution in [0.3, 0.4) is 0 Å². The van der Waals surface area contributed by atoms with Crippen molar-refractivity contribution in [3.8, 4) is 0 Å². The Kier molecular flexibility index (Phi) is 4.31. The fourth-order valence-corrected chi connectivity index (χ4v) is 2.76. The highest BCUT2D eigenvalue weighted by Crippen LogP contribution is 2.10. The van der Waals surface area contributed by atoms with Crippen molar-refractivity contribution in [2.24, 2.45) is 0 Å². The minimum Gasteiger partial charge on any atom is -0.387 e. The SMILES string of the molecule is CCC(OC)O[Si]c1cccc2ccccc12. The van der Waals surface area contributed by atoms with E-state index >= 15 is 0 Å². The summed E-state index contributed by atoms with van der Waals surface area (Å²) in [5.41, 5.74) is 0. The Labute approximate surface area is 104 Å². The van der Waals surface area contributed by atoms with Crippen LogP contribution in [0.1, 0.15) is 13.3 Å². The van der Waals surface area contributed by atoms with Crippen molar-refractivity contribution in [1.29, 1.82) is 0 Å². The van der Waals surface area contributed by atoms with E-state index in [1.165, 1.54) is 16.0 Å². The number of fused-ring (bicyclic) bond motifs is 1. The molecule has 3 heteroatoms. The van der Waals surface area contributed by atoms with Gasteiger partial charge in [0.25, 0.3) is 9.76 Å². The summed E-state index contributed by atoms with van der Waals surface area (Å²) >= 11 is 0. The normalized spacial score (nSPS) is 12.8. The second kappa shape index (κ2) is 5.96. The number of methoxy groups -OCH3 is 1. The van der Waals surface area contributed by atoms with E-state index in [0.717, 1.165) is 6.42 Å². The molecule has 2 nitrogen and oxygen atoms in total. The monoisotopic (exact) mass is 244 g/mol. The van der Waals surface area contributed by atoms with Gasteiger partial charge in [0.2, 0.25) is 0 Å². The van der Waals surface area contributed by atoms with E-state index in [2.05, 4.69) is 49.4 Å². The Morgan fingerprint density at radius 1 is 1.12 bits per heavy atom. The first-order chi connectivity index (χ1) is 8.35. The van der Waals surface area contributed by atoms with Crippen LogP contribution in [0.15, 0.2) is 42.5 Å². The highest BCUT2D eigenvalue weighted by atomic mass is 28.2. The van der Waals surface area contributed by atoms with Gasteiger partial charge in [0.1, 0.15) is 6.29 Å². The van der Waals surface area contributed by atoms with E-state index in [-0.39, 0.29) is 6.29 Å². The first-order valence-electron chi connectivity index (χ1n) is 5.77. The lowest BCUT2D eigenvalue weighted by Crippen LogP contribution is -2.25. The zero-order valence-corrected chi connectivity index (χ0v) is 11.1. The van der Waals surface area contributed by atoms with Gasteiger partial charge in [0.15, 0.2) is 0 Å².